The zero-order valence-corrected chi connectivity index (χ0v) is 14.1. The van der Waals surface area contributed by atoms with Crippen molar-refractivity contribution >= 4 is 35.5 Å². The number of nitrogens with one attached hydrogen (secondary N) is 2. The van der Waals surface area contributed by atoms with E-state index in [0.29, 0.717) is 12.2 Å². The molecular weight excluding hydrogens is 300 g/mol. The Kier molecular flexibility index (Phi) is 10.6. The van der Waals surface area contributed by atoms with Crippen LogP contribution in [-0.4, -0.2) is 44.8 Å². The first-order valence-corrected chi connectivity index (χ1v) is 8.47. The van der Waals surface area contributed by atoms with E-state index in [9.17, 15) is 9.59 Å². The molecule has 0 aromatic rings. The minimum Gasteiger partial charge on any atom is -0.382 e. The maximum atomic E-state index is 12.1. The number of ether oxygens (including phenoxy) is 1. The van der Waals surface area contributed by atoms with Gasteiger partial charge in [-0.1, -0.05) is 13.8 Å². The van der Waals surface area contributed by atoms with Gasteiger partial charge in [-0.15, -0.1) is 23.5 Å². The summed E-state index contributed by atoms with van der Waals surface area (Å²) >= 11 is 2.98. The van der Waals surface area contributed by atoms with Crippen molar-refractivity contribution < 1.29 is 19.2 Å². The number of imide groups is 1. The van der Waals surface area contributed by atoms with E-state index in [4.69, 9.17) is 9.57 Å². The quantitative estimate of drug-likeness (QED) is 0.404. The van der Waals surface area contributed by atoms with Crippen LogP contribution in [0.3, 0.4) is 0 Å². The summed E-state index contributed by atoms with van der Waals surface area (Å²) in [6, 6.07) is -0.689. The van der Waals surface area contributed by atoms with Crippen molar-refractivity contribution in [2.75, 3.05) is 32.8 Å². The lowest BCUT2D eigenvalue weighted by Crippen LogP contribution is -2.41. The van der Waals surface area contributed by atoms with Gasteiger partial charge < -0.3 is 4.74 Å². The average molecular weight is 322 g/mol. The molecule has 0 radical (unpaired) electrons. The molecule has 6 nitrogen and oxygen atoms in total. The number of urea groups is 1. The molecule has 0 saturated carbocycles. The third-order valence-electron chi connectivity index (χ3n) is 2.19. The molecule has 2 N–H and O–H groups in total. The van der Waals surface area contributed by atoms with Crippen molar-refractivity contribution in [1.29, 1.82) is 0 Å². The maximum absolute atomic E-state index is 12.1. The summed E-state index contributed by atoms with van der Waals surface area (Å²) in [5.41, 5.74) is 2.72. The highest BCUT2D eigenvalue weighted by molar-refractivity contribution is 8.21. The Morgan fingerprint density at radius 3 is 2.20 bits per heavy atom. The van der Waals surface area contributed by atoms with Gasteiger partial charge in [0.05, 0.1) is 13.2 Å². The minimum atomic E-state index is -0.689. The molecule has 116 valence electrons. The maximum Gasteiger partial charge on any atom is 0.345 e. The highest BCUT2D eigenvalue weighted by Gasteiger charge is 2.20. The average Bonchev–Trinajstić information content (AvgIpc) is 2.39. The predicted octanol–water partition coefficient (Wildman–Crippen LogP) is 1.98. The van der Waals surface area contributed by atoms with Crippen molar-refractivity contribution in [3.8, 4) is 0 Å². The Morgan fingerprint density at radius 2 is 1.75 bits per heavy atom. The number of hydrogen-bond donors (Lipinski definition) is 2. The molecule has 0 heterocycles. The second kappa shape index (κ2) is 11.0. The third-order valence-corrected chi connectivity index (χ3v) is 4.38. The first kappa shape index (κ1) is 19.3. The number of carbonyl (C=O) groups is 2. The van der Waals surface area contributed by atoms with E-state index < -0.39 is 11.9 Å². The van der Waals surface area contributed by atoms with E-state index in [1.54, 1.807) is 0 Å². The van der Waals surface area contributed by atoms with Gasteiger partial charge in [0.25, 0.3) is 5.91 Å². The fourth-order valence-corrected chi connectivity index (χ4v) is 3.09. The lowest BCUT2D eigenvalue weighted by atomic mass is 10.1. The normalized spacial score (nSPS) is 10.3. The SMILES string of the molecule is COCCONC(=O)NC(=O)C(=C(SC)SC)C(C)C. The number of thioether (sulfide) groups is 2. The Hall–Kier alpha value is -0.700. The van der Waals surface area contributed by atoms with Crippen LogP contribution < -0.4 is 10.8 Å². The van der Waals surface area contributed by atoms with Crippen LogP contribution >= 0.6 is 23.5 Å². The molecule has 0 fully saturated rings. The van der Waals surface area contributed by atoms with Crippen LogP contribution in [0.15, 0.2) is 9.81 Å². The highest BCUT2D eigenvalue weighted by atomic mass is 32.2. The predicted molar refractivity (Wildman–Crippen MR) is 83.4 cm³/mol. The molecule has 0 aromatic heterocycles. The van der Waals surface area contributed by atoms with Crippen LogP contribution in [0.5, 0.6) is 0 Å². The Labute approximate surface area is 128 Å². The molecule has 20 heavy (non-hydrogen) atoms. The molecular formula is C12H22N2O4S2. The topological polar surface area (TPSA) is 76.7 Å². The van der Waals surface area contributed by atoms with E-state index in [1.165, 1.54) is 30.6 Å². The molecule has 0 spiro atoms. The second-order valence-corrected chi connectivity index (χ2v) is 5.88. The smallest absolute Gasteiger partial charge is 0.345 e. The van der Waals surface area contributed by atoms with Gasteiger partial charge in [-0.25, -0.2) is 10.3 Å². The Bertz CT molecular complexity index is 353. The molecule has 8 heteroatoms. The molecule has 0 unspecified atom stereocenters. The first-order chi connectivity index (χ1) is 9.47. The minimum absolute atomic E-state index is 0.0205. The zero-order valence-electron chi connectivity index (χ0n) is 12.4. The summed E-state index contributed by atoms with van der Waals surface area (Å²) in [4.78, 5) is 28.4. The number of hydroxylamine groups is 1. The number of hydrogen-bond acceptors (Lipinski definition) is 6. The van der Waals surface area contributed by atoms with Crippen LogP contribution in [0.25, 0.3) is 0 Å². The summed E-state index contributed by atoms with van der Waals surface area (Å²) in [6.45, 7) is 4.39. The number of amides is 3. The van der Waals surface area contributed by atoms with Crippen molar-refractivity contribution in [2.24, 2.45) is 5.92 Å². The molecule has 0 atom stereocenters. The van der Waals surface area contributed by atoms with Gasteiger partial charge in [0.15, 0.2) is 0 Å². The first-order valence-electron chi connectivity index (χ1n) is 6.02. The number of rotatable bonds is 8. The van der Waals surface area contributed by atoms with Gasteiger partial charge in [-0.05, 0) is 18.4 Å². The molecule has 0 bridgehead atoms. The highest BCUT2D eigenvalue weighted by Crippen LogP contribution is 2.31. The van der Waals surface area contributed by atoms with Crippen LogP contribution in [0.1, 0.15) is 13.8 Å². The standard InChI is InChI=1S/C12H22N2O4S2/c1-8(2)9(11(19-4)20-5)10(15)13-12(16)14-18-7-6-17-3/h8H,6-7H2,1-5H3,(H2,13,14,15,16). The molecule has 0 aromatic carbocycles. The molecule has 0 rings (SSSR count). The van der Waals surface area contributed by atoms with Crippen LogP contribution in [0.4, 0.5) is 4.79 Å². The zero-order chi connectivity index (χ0) is 15.5. The Morgan fingerprint density at radius 1 is 1.15 bits per heavy atom. The number of methoxy groups -OCH3 is 1. The summed E-state index contributed by atoms with van der Waals surface area (Å²) in [5.74, 6) is -0.390. The molecule has 0 aliphatic heterocycles. The van der Waals surface area contributed by atoms with Crippen molar-refractivity contribution in [3.63, 3.8) is 0 Å². The summed E-state index contributed by atoms with van der Waals surface area (Å²) < 4.78 is 5.65. The largest absolute Gasteiger partial charge is 0.382 e. The molecule has 0 aliphatic carbocycles. The Balaban J connectivity index is 4.55. The molecule has 0 saturated heterocycles. The monoisotopic (exact) mass is 322 g/mol. The van der Waals surface area contributed by atoms with Gasteiger partial charge in [0, 0.05) is 16.9 Å². The van der Waals surface area contributed by atoms with Crippen molar-refractivity contribution in [1.82, 2.24) is 10.8 Å². The second-order valence-electron chi connectivity index (χ2n) is 3.99. The van der Waals surface area contributed by atoms with Crippen LogP contribution in [-0.2, 0) is 14.4 Å². The third kappa shape index (κ3) is 7.18. The van der Waals surface area contributed by atoms with Gasteiger partial charge in [0.2, 0.25) is 0 Å². The lowest BCUT2D eigenvalue weighted by molar-refractivity contribution is -0.117. The van der Waals surface area contributed by atoms with Crippen molar-refractivity contribution in [3.05, 3.63) is 9.81 Å². The molecule has 0 aliphatic rings. The summed E-state index contributed by atoms with van der Waals surface area (Å²) in [6.07, 6.45) is 3.80. The van der Waals surface area contributed by atoms with E-state index >= 15 is 0 Å². The molecule has 3 amide bonds. The van der Waals surface area contributed by atoms with E-state index in [2.05, 4.69) is 10.8 Å². The van der Waals surface area contributed by atoms with E-state index in [1.807, 2.05) is 26.4 Å². The van der Waals surface area contributed by atoms with Crippen LogP contribution in [0, 0.1) is 5.92 Å². The fourth-order valence-electron chi connectivity index (χ4n) is 1.33. The van der Waals surface area contributed by atoms with E-state index in [-0.39, 0.29) is 12.5 Å². The van der Waals surface area contributed by atoms with Gasteiger partial charge in [-0.3, -0.25) is 14.9 Å². The van der Waals surface area contributed by atoms with Gasteiger partial charge in [0.1, 0.15) is 0 Å². The van der Waals surface area contributed by atoms with E-state index in [0.717, 1.165) is 4.24 Å². The number of carbonyl (C=O) groups excluding carboxylic acids is 2. The van der Waals surface area contributed by atoms with Gasteiger partial charge in [-0.2, -0.15) is 0 Å². The fraction of sp³-hybridized carbons (Fsp3) is 0.667. The van der Waals surface area contributed by atoms with Crippen LogP contribution in [0.2, 0.25) is 0 Å². The lowest BCUT2D eigenvalue weighted by Gasteiger charge is -2.15. The summed E-state index contributed by atoms with van der Waals surface area (Å²) in [5, 5.41) is 2.25. The summed E-state index contributed by atoms with van der Waals surface area (Å²) in [7, 11) is 1.53. The van der Waals surface area contributed by atoms with Crippen molar-refractivity contribution in [2.45, 2.75) is 13.8 Å². The van der Waals surface area contributed by atoms with Gasteiger partial charge >= 0.3 is 6.03 Å².